The Balaban J connectivity index is 1.39. The summed E-state index contributed by atoms with van der Waals surface area (Å²) in [6, 6.07) is 9.13. The molecule has 0 N–H and O–H groups in total. The highest BCUT2D eigenvalue weighted by Gasteiger charge is 2.23. The van der Waals surface area contributed by atoms with E-state index in [0.717, 1.165) is 12.0 Å². The molecule has 0 aliphatic carbocycles. The quantitative estimate of drug-likeness (QED) is 0.506. The lowest BCUT2D eigenvalue weighted by Gasteiger charge is -2.29. The number of aromatic nitrogens is 1. The minimum atomic E-state index is 0.0599. The van der Waals surface area contributed by atoms with Crippen molar-refractivity contribution < 1.29 is 18.7 Å². The molecule has 1 aromatic heterocycles. The fourth-order valence-electron chi connectivity index (χ4n) is 3.71. The van der Waals surface area contributed by atoms with Crippen LogP contribution in [0.4, 0.5) is 0 Å². The maximum absolute atomic E-state index is 12.8. The van der Waals surface area contributed by atoms with Crippen molar-refractivity contribution in [3.8, 4) is 22.8 Å². The van der Waals surface area contributed by atoms with Gasteiger partial charge in [-0.05, 0) is 47.9 Å². The number of hydrogen-bond donors (Lipinski definition) is 0. The summed E-state index contributed by atoms with van der Waals surface area (Å²) in [5, 5.41) is 1.04. The van der Waals surface area contributed by atoms with E-state index >= 15 is 0 Å². The van der Waals surface area contributed by atoms with E-state index < -0.39 is 0 Å². The van der Waals surface area contributed by atoms with E-state index in [4.69, 9.17) is 37.1 Å². The molecule has 0 saturated heterocycles. The number of halogens is 2. The number of rotatable bonds is 6. The van der Waals surface area contributed by atoms with E-state index in [1.54, 1.807) is 38.6 Å². The molecule has 1 aliphatic heterocycles. The van der Waals surface area contributed by atoms with Crippen molar-refractivity contribution in [1.82, 2.24) is 9.88 Å². The first-order chi connectivity index (χ1) is 15.0. The van der Waals surface area contributed by atoms with E-state index in [9.17, 15) is 4.79 Å². The van der Waals surface area contributed by atoms with Gasteiger partial charge in [-0.3, -0.25) is 4.79 Å². The summed E-state index contributed by atoms with van der Waals surface area (Å²) in [5.74, 6) is 2.49. The third-order valence-corrected chi connectivity index (χ3v) is 5.92. The normalized spacial score (nSPS) is 13.1. The molecule has 31 heavy (non-hydrogen) atoms. The van der Waals surface area contributed by atoms with Crippen LogP contribution >= 0.6 is 23.2 Å². The molecule has 1 amide bonds. The van der Waals surface area contributed by atoms with Gasteiger partial charge in [0, 0.05) is 36.5 Å². The van der Waals surface area contributed by atoms with Crippen LogP contribution in [0.15, 0.2) is 40.9 Å². The van der Waals surface area contributed by atoms with Crippen molar-refractivity contribution in [3.63, 3.8) is 0 Å². The van der Waals surface area contributed by atoms with Gasteiger partial charge in [-0.15, -0.1) is 0 Å². The Morgan fingerprint density at radius 1 is 1.13 bits per heavy atom. The number of nitrogens with zero attached hydrogens (tertiary/aromatic N) is 2. The molecule has 3 aromatic rings. The van der Waals surface area contributed by atoms with E-state index in [0.29, 0.717) is 64.7 Å². The van der Waals surface area contributed by atoms with Crippen molar-refractivity contribution in [2.75, 3.05) is 20.8 Å². The van der Waals surface area contributed by atoms with E-state index in [1.807, 2.05) is 17.0 Å². The van der Waals surface area contributed by atoms with Crippen molar-refractivity contribution >= 4 is 29.1 Å². The zero-order valence-corrected chi connectivity index (χ0v) is 18.8. The number of fused-ring (bicyclic) bond motifs is 1. The summed E-state index contributed by atoms with van der Waals surface area (Å²) >= 11 is 12.2. The lowest BCUT2D eigenvalue weighted by Crippen LogP contribution is -2.36. The Bertz CT molecular complexity index is 1110. The summed E-state index contributed by atoms with van der Waals surface area (Å²) in [4.78, 5) is 18.9. The molecule has 0 spiro atoms. The maximum atomic E-state index is 12.8. The lowest BCUT2D eigenvalue weighted by atomic mass is 9.98. The summed E-state index contributed by atoms with van der Waals surface area (Å²) in [5.41, 5.74) is 2.97. The molecule has 1 aliphatic rings. The molecular formula is C23H22Cl2N2O4. The predicted octanol–water partition coefficient (Wildman–Crippen LogP) is 5.18. The molecule has 0 atom stereocenters. The van der Waals surface area contributed by atoms with Gasteiger partial charge in [0.05, 0.1) is 25.4 Å². The SMILES string of the molecule is COc1cc2c(cc1OC)CN(C(=O)CCc1ncc(-c3ccc(Cl)cc3Cl)o1)CC2. The minimum Gasteiger partial charge on any atom is -0.493 e. The highest BCUT2D eigenvalue weighted by Crippen LogP contribution is 2.34. The van der Waals surface area contributed by atoms with Crippen molar-refractivity contribution in [3.05, 3.63) is 63.6 Å². The van der Waals surface area contributed by atoms with Gasteiger partial charge in [-0.1, -0.05) is 23.2 Å². The Hall–Kier alpha value is -2.70. The third-order valence-electron chi connectivity index (χ3n) is 5.37. The largest absolute Gasteiger partial charge is 0.493 e. The number of carbonyl (C=O) groups excluding carboxylic acids is 1. The van der Waals surface area contributed by atoms with Crippen LogP contribution in [-0.4, -0.2) is 36.6 Å². The summed E-state index contributed by atoms with van der Waals surface area (Å²) < 4.78 is 16.6. The van der Waals surface area contributed by atoms with Crippen molar-refractivity contribution in [2.24, 2.45) is 0 Å². The molecule has 4 rings (SSSR count). The third kappa shape index (κ3) is 4.65. The molecule has 6 nitrogen and oxygen atoms in total. The summed E-state index contributed by atoms with van der Waals surface area (Å²) in [7, 11) is 3.23. The topological polar surface area (TPSA) is 64.8 Å². The number of oxazole rings is 1. The van der Waals surface area contributed by atoms with Gasteiger partial charge in [-0.2, -0.15) is 0 Å². The number of hydrogen-bond acceptors (Lipinski definition) is 5. The van der Waals surface area contributed by atoms with Crippen LogP contribution in [0, 0.1) is 0 Å². The number of methoxy groups -OCH3 is 2. The molecule has 2 aromatic carbocycles. The molecule has 2 heterocycles. The average Bonchev–Trinajstić information content (AvgIpc) is 3.24. The van der Waals surface area contributed by atoms with Gasteiger partial charge in [0.2, 0.25) is 5.91 Å². The zero-order chi connectivity index (χ0) is 22.0. The van der Waals surface area contributed by atoms with Crippen LogP contribution in [0.3, 0.4) is 0 Å². The van der Waals surface area contributed by atoms with Gasteiger partial charge >= 0.3 is 0 Å². The second-order valence-electron chi connectivity index (χ2n) is 7.28. The van der Waals surface area contributed by atoms with E-state index in [-0.39, 0.29) is 5.91 Å². The van der Waals surface area contributed by atoms with Crippen molar-refractivity contribution in [2.45, 2.75) is 25.8 Å². The van der Waals surface area contributed by atoms with Gasteiger partial charge in [-0.25, -0.2) is 4.98 Å². The van der Waals surface area contributed by atoms with E-state index in [2.05, 4.69) is 4.98 Å². The zero-order valence-electron chi connectivity index (χ0n) is 17.3. The Labute approximate surface area is 190 Å². The van der Waals surface area contributed by atoms with Gasteiger partial charge < -0.3 is 18.8 Å². The molecule has 0 fully saturated rings. The highest BCUT2D eigenvalue weighted by molar-refractivity contribution is 6.36. The first-order valence-electron chi connectivity index (χ1n) is 9.90. The molecule has 0 saturated carbocycles. The summed E-state index contributed by atoms with van der Waals surface area (Å²) in [6.07, 6.45) is 3.13. The van der Waals surface area contributed by atoms with Crippen LogP contribution in [0.5, 0.6) is 11.5 Å². The Morgan fingerprint density at radius 3 is 2.58 bits per heavy atom. The Morgan fingerprint density at radius 2 is 1.87 bits per heavy atom. The predicted molar refractivity (Wildman–Crippen MR) is 119 cm³/mol. The van der Waals surface area contributed by atoms with Crippen LogP contribution in [-0.2, 0) is 24.2 Å². The first kappa shape index (κ1) is 21.5. The number of carbonyl (C=O) groups is 1. The Kier molecular flexibility index (Phi) is 6.39. The molecule has 0 unspecified atom stereocenters. The summed E-state index contributed by atoms with van der Waals surface area (Å²) in [6.45, 7) is 1.21. The lowest BCUT2D eigenvalue weighted by molar-refractivity contribution is -0.132. The van der Waals surface area contributed by atoms with Gasteiger partial charge in [0.15, 0.2) is 23.1 Å². The van der Waals surface area contributed by atoms with Crippen molar-refractivity contribution in [1.29, 1.82) is 0 Å². The number of aryl methyl sites for hydroxylation is 1. The first-order valence-corrected chi connectivity index (χ1v) is 10.7. The fourth-order valence-corrected chi connectivity index (χ4v) is 4.21. The van der Waals surface area contributed by atoms with Crippen LogP contribution < -0.4 is 9.47 Å². The fraction of sp³-hybridized carbons (Fsp3) is 0.304. The van der Waals surface area contributed by atoms with Gasteiger partial charge in [0.25, 0.3) is 0 Å². The standard InChI is InChI=1S/C23H22Cl2N2O4/c1-29-19-9-14-7-8-27(13-15(14)10-20(19)30-2)23(28)6-5-22-26-12-21(31-22)17-4-3-16(24)11-18(17)25/h3-4,9-12H,5-8,13H2,1-2H3. The molecular weight excluding hydrogens is 439 g/mol. The van der Waals surface area contributed by atoms with E-state index in [1.165, 1.54) is 5.56 Å². The monoisotopic (exact) mass is 460 g/mol. The molecule has 0 bridgehead atoms. The van der Waals surface area contributed by atoms with Crippen LogP contribution in [0.2, 0.25) is 10.0 Å². The highest BCUT2D eigenvalue weighted by atomic mass is 35.5. The number of ether oxygens (including phenoxy) is 2. The minimum absolute atomic E-state index is 0.0599. The second-order valence-corrected chi connectivity index (χ2v) is 8.13. The molecule has 162 valence electrons. The number of amides is 1. The molecule has 8 heteroatoms. The molecule has 0 radical (unpaired) electrons. The van der Waals surface area contributed by atoms with Crippen LogP contribution in [0.1, 0.15) is 23.4 Å². The smallest absolute Gasteiger partial charge is 0.223 e. The number of benzene rings is 2. The average molecular weight is 461 g/mol. The second kappa shape index (κ2) is 9.20. The van der Waals surface area contributed by atoms with Crippen LogP contribution in [0.25, 0.3) is 11.3 Å². The van der Waals surface area contributed by atoms with Gasteiger partial charge in [0.1, 0.15) is 0 Å². The maximum Gasteiger partial charge on any atom is 0.223 e.